The van der Waals surface area contributed by atoms with Crippen molar-refractivity contribution >= 4 is 0 Å². The third-order valence-electron chi connectivity index (χ3n) is 4.31. The van der Waals surface area contributed by atoms with Crippen molar-refractivity contribution in [1.29, 1.82) is 0 Å². The fraction of sp³-hybridized carbons (Fsp3) is 0.667. The minimum Gasteiger partial charge on any atom is -0.490 e. The summed E-state index contributed by atoms with van der Waals surface area (Å²) in [6.45, 7) is 6.78. The number of rotatable bonds is 9. The molecule has 0 saturated carbocycles. The molecule has 7 heteroatoms. The molecule has 0 bridgehead atoms. The van der Waals surface area contributed by atoms with Crippen LogP contribution in [0.4, 0.5) is 13.2 Å². The second kappa shape index (κ2) is 9.29. The molecule has 1 aliphatic rings. The van der Waals surface area contributed by atoms with Crippen LogP contribution in [0.2, 0.25) is 0 Å². The molecule has 1 unspecified atom stereocenters. The lowest BCUT2D eigenvalue weighted by Crippen LogP contribution is -2.37. The lowest BCUT2D eigenvalue weighted by molar-refractivity contribution is -0.153. The van der Waals surface area contributed by atoms with Gasteiger partial charge in [0.2, 0.25) is 0 Å². The van der Waals surface area contributed by atoms with Crippen LogP contribution in [0.3, 0.4) is 0 Å². The fourth-order valence-electron chi connectivity index (χ4n) is 3.14. The van der Waals surface area contributed by atoms with Gasteiger partial charge in [-0.1, -0.05) is 13.0 Å². The van der Waals surface area contributed by atoms with E-state index in [0.29, 0.717) is 24.9 Å². The Balaban J connectivity index is 1.91. The van der Waals surface area contributed by atoms with E-state index in [2.05, 4.69) is 17.1 Å². The summed E-state index contributed by atoms with van der Waals surface area (Å²) in [7, 11) is 0. The number of nitrogens with one attached hydrogen (secondary N) is 1. The summed E-state index contributed by atoms with van der Waals surface area (Å²) in [5.74, 6) is 0.470. The number of halogens is 3. The molecule has 1 N–H and O–H groups in total. The highest BCUT2D eigenvalue weighted by molar-refractivity contribution is 5.43. The van der Waals surface area contributed by atoms with Crippen LogP contribution in [-0.4, -0.2) is 50.0 Å². The minimum absolute atomic E-state index is 0.121. The van der Waals surface area contributed by atoms with Gasteiger partial charge in [-0.15, -0.1) is 0 Å². The molecule has 1 aromatic carbocycles. The third-order valence-corrected chi connectivity index (χ3v) is 4.31. The molecule has 1 heterocycles. The van der Waals surface area contributed by atoms with Gasteiger partial charge in [0, 0.05) is 19.1 Å². The smallest absolute Gasteiger partial charge is 0.422 e. The highest BCUT2D eigenvalue weighted by atomic mass is 19.4. The molecule has 1 saturated heterocycles. The lowest BCUT2D eigenvalue weighted by Gasteiger charge is -2.23. The first kappa shape index (κ1) is 19.8. The number of hydrogen-bond acceptors (Lipinski definition) is 4. The first-order chi connectivity index (χ1) is 11.9. The maximum Gasteiger partial charge on any atom is 0.422 e. The molecule has 0 amide bonds. The second-order valence-electron chi connectivity index (χ2n) is 6.17. The molecule has 1 aromatic rings. The molecule has 0 spiro atoms. The van der Waals surface area contributed by atoms with E-state index >= 15 is 0 Å². The number of hydrogen-bond donors (Lipinski definition) is 1. The summed E-state index contributed by atoms with van der Waals surface area (Å²) in [5.41, 5.74) is 0.962. The van der Waals surface area contributed by atoms with Crippen molar-refractivity contribution in [2.45, 2.75) is 45.5 Å². The van der Waals surface area contributed by atoms with E-state index < -0.39 is 12.8 Å². The van der Waals surface area contributed by atoms with E-state index in [1.807, 2.05) is 0 Å². The summed E-state index contributed by atoms with van der Waals surface area (Å²) in [6, 6.07) is 5.62. The van der Waals surface area contributed by atoms with Crippen LogP contribution < -0.4 is 14.8 Å². The van der Waals surface area contributed by atoms with Gasteiger partial charge in [0.05, 0.1) is 6.61 Å². The van der Waals surface area contributed by atoms with Gasteiger partial charge < -0.3 is 14.8 Å². The van der Waals surface area contributed by atoms with Crippen LogP contribution in [0.25, 0.3) is 0 Å². The second-order valence-corrected chi connectivity index (χ2v) is 6.17. The number of alkyl halides is 3. The average Bonchev–Trinajstić information content (AvgIpc) is 3.01. The Morgan fingerprint density at radius 1 is 1.20 bits per heavy atom. The van der Waals surface area contributed by atoms with Crippen LogP contribution in [0, 0.1) is 0 Å². The predicted octanol–water partition coefficient (Wildman–Crippen LogP) is 3.60. The van der Waals surface area contributed by atoms with Crippen molar-refractivity contribution in [2.75, 3.05) is 32.8 Å². The standard InChI is InChI=1S/C18H27F3N2O2/c1-3-23-9-5-6-15(23)12-22-11-14-7-8-16(17(10-14)24-4-2)25-13-18(19,20)21/h7-8,10,15,22H,3-6,9,11-13H2,1-2H3. The van der Waals surface area contributed by atoms with E-state index in [9.17, 15) is 13.2 Å². The Hall–Kier alpha value is -1.47. The normalized spacial score (nSPS) is 18.5. The van der Waals surface area contributed by atoms with Crippen molar-refractivity contribution in [3.8, 4) is 11.5 Å². The molecular weight excluding hydrogens is 333 g/mol. The number of nitrogens with zero attached hydrogens (tertiary/aromatic N) is 1. The van der Waals surface area contributed by atoms with Gasteiger partial charge in [-0.2, -0.15) is 13.2 Å². The van der Waals surface area contributed by atoms with Crippen molar-refractivity contribution in [1.82, 2.24) is 10.2 Å². The Labute approximate surface area is 147 Å². The molecule has 0 aliphatic carbocycles. The van der Waals surface area contributed by atoms with Crippen LogP contribution >= 0.6 is 0 Å². The number of ether oxygens (including phenoxy) is 2. The Bertz CT molecular complexity index is 538. The van der Waals surface area contributed by atoms with Crippen LogP contribution in [0.15, 0.2) is 18.2 Å². The van der Waals surface area contributed by atoms with Gasteiger partial charge in [-0.3, -0.25) is 4.90 Å². The highest BCUT2D eigenvalue weighted by Gasteiger charge is 2.29. The van der Waals surface area contributed by atoms with Crippen molar-refractivity contribution in [2.24, 2.45) is 0 Å². The zero-order valence-electron chi connectivity index (χ0n) is 14.9. The molecular formula is C18H27F3N2O2. The van der Waals surface area contributed by atoms with Gasteiger partial charge >= 0.3 is 6.18 Å². The first-order valence-electron chi connectivity index (χ1n) is 8.83. The topological polar surface area (TPSA) is 33.7 Å². The molecule has 0 aromatic heterocycles. The first-order valence-corrected chi connectivity index (χ1v) is 8.83. The van der Waals surface area contributed by atoms with Crippen molar-refractivity contribution in [3.05, 3.63) is 23.8 Å². The van der Waals surface area contributed by atoms with Gasteiger partial charge in [0.25, 0.3) is 0 Å². The van der Waals surface area contributed by atoms with Crippen molar-refractivity contribution in [3.63, 3.8) is 0 Å². The van der Waals surface area contributed by atoms with E-state index in [0.717, 1.165) is 25.2 Å². The third kappa shape index (κ3) is 6.40. The largest absolute Gasteiger partial charge is 0.490 e. The average molecular weight is 360 g/mol. The molecule has 2 rings (SSSR count). The molecule has 0 radical (unpaired) electrons. The fourth-order valence-corrected chi connectivity index (χ4v) is 3.14. The number of likely N-dealkylation sites (N-methyl/N-ethyl adjacent to an activating group) is 1. The zero-order valence-corrected chi connectivity index (χ0v) is 14.9. The van der Waals surface area contributed by atoms with Crippen LogP contribution in [-0.2, 0) is 6.54 Å². The molecule has 25 heavy (non-hydrogen) atoms. The van der Waals surface area contributed by atoms with Crippen LogP contribution in [0.5, 0.6) is 11.5 Å². The summed E-state index contributed by atoms with van der Waals surface area (Å²) < 4.78 is 47.3. The molecule has 142 valence electrons. The van der Waals surface area contributed by atoms with E-state index in [1.54, 1.807) is 25.1 Å². The number of likely N-dealkylation sites (tertiary alicyclic amines) is 1. The Morgan fingerprint density at radius 2 is 2.00 bits per heavy atom. The van der Waals surface area contributed by atoms with E-state index in [-0.39, 0.29) is 5.75 Å². The minimum atomic E-state index is -4.36. The maximum absolute atomic E-state index is 12.3. The zero-order chi connectivity index (χ0) is 18.3. The summed E-state index contributed by atoms with van der Waals surface area (Å²) in [4.78, 5) is 2.46. The van der Waals surface area contributed by atoms with E-state index in [4.69, 9.17) is 9.47 Å². The quantitative estimate of drug-likeness (QED) is 0.730. The van der Waals surface area contributed by atoms with Gasteiger partial charge in [0.15, 0.2) is 18.1 Å². The Morgan fingerprint density at radius 3 is 2.68 bits per heavy atom. The number of benzene rings is 1. The Kier molecular flexibility index (Phi) is 7.38. The molecule has 1 atom stereocenters. The van der Waals surface area contributed by atoms with Gasteiger partial charge in [-0.05, 0) is 50.6 Å². The highest BCUT2D eigenvalue weighted by Crippen LogP contribution is 2.30. The van der Waals surface area contributed by atoms with Gasteiger partial charge in [0.1, 0.15) is 0 Å². The molecule has 1 fully saturated rings. The van der Waals surface area contributed by atoms with Crippen LogP contribution in [0.1, 0.15) is 32.3 Å². The monoisotopic (exact) mass is 360 g/mol. The van der Waals surface area contributed by atoms with E-state index in [1.165, 1.54) is 12.8 Å². The predicted molar refractivity (Wildman–Crippen MR) is 91.1 cm³/mol. The SMILES string of the molecule is CCOc1cc(CNCC2CCCN2CC)ccc1OCC(F)(F)F. The summed E-state index contributed by atoms with van der Waals surface area (Å²) in [5, 5.41) is 3.43. The summed E-state index contributed by atoms with van der Waals surface area (Å²) >= 11 is 0. The maximum atomic E-state index is 12.3. The van der Waals surface area contributed by atoms with Crippen molar-refractivity contribution < 1.29 is 22.6 Å². The molecule has 1 aliphatic heterocycles. The molecule has 4 nitrogen and oxygen atoms in total. The summed E-state index contributed by atoms with van der Waals surface area (Å²) in [6.07, 6.45) is -1.93. The van der Waals surface area contributed by atoms with Gasteiger partial charge in [-0.25, -0.2) is 0 Å². The lowest BCUT2D eigenvalue weighted by atomic mass is 10.1.